The third kappa shape index (κ3) is 3.69. The molecule has 1 saturated carbocycles. The number of para-hydroxylation sites is 1. The summed E-state index contributed by atoms with van der Waals surface area (Å²) >= 11 is 0. The monoisotopic (exact) mass is 335 g/mol. The Labute approximate surface area is 137 Å². The van der Waals surface area contributed by atoms with Crippen LogP contribution in [0.1, 0.15) is 29.0 Å². The molecule has 0 radical (unpaired) electrons. The maximum atomic E-state index is 12.7. The van der Waals surface area contributed by atoms with Gasteiger partial charge in [-0.2, -0.15) is 13.2 Å². The number of rotatable bonds is 4. The Morgan fingerprint density at radius 1 is 1.17 bits per heavy atom. The van der Waals surface area contributed by atoms with E-state index < -0.39 is 11.7 Å². The lowest BCUT2D eigenvalue weighted by Gasteiger charge is -2.09. The third-order valence-electron chi connectivity index (χ3n) is 4.12. The van der Waals surface area contributed by atoms with Crippen molar-refractivity contribution in [1.82, 2.24) is 5.32 Å². The molecular formula is C18H16F3NO2. The summed E-state index contributed by atoms with van der Waals surface area (Å²) in [5, 5.41) is 12.5. The van der Waals surface area contributed by atoms with Gasteiger partial charge in [0.1, 0.15) is 5.75 Å². The van der Waals surface area contributed by atoms with Gasteiger partial charge in [0.25, 0.3) is 0 Å². The second-order valence-electron chi connectivity index (χ2n) is 5.94. The molecule has 6 heteroatoms. The van der Waals surface area contributed by atoms with Crippen molar-refractivity contribution in [3.05, 3.63) is 65.2 Å². The van der Waals surface area contributed by atoms with Gasteiger partial charge in [-0.1, -0.05) is 36.4 Å². The molecule has 24 heavy (non-hydrogen) atoms. The summed E-state index contributed by atoms with van der Waals surface area (Å²) in [5.74, 6) is -0.297. The van der Waals surface area contributed by atoms with Crippen LogP contribution in [0, 0.1) is 0 Å². The van der Waals surface area contributed by atoms with Gasteiger partial charge in [-0.15, -0.1) is 0 Å². The molecule has 126 valence electrons. The second-order valence-corrected chi connectivity index (χ2v) is 5.94. The lowest BCUT2D eigenvalue weighted by Crippen LogP contribution is -2.28. The van der Waals surface area contributed by atoms with Gasteiger partial charge in [0, 0.05) is 17.5 Å². The Morgan fingerprint density at radius 2 is 1.92 bits per heavy atom. The number of alkyl halides is 3. The minimum atomic E-state index is -4.37. The number of aromatic hydroxyl groups is 1. The summed E-state index contributed by atoms with van der Waals surface area (Å²) < 4.78 is 38.2. The van der Waals surface area contributed by atoms with Crippen LogP contribution >= 0.6 is 0 Å². The smallest absolute Gasteiger partial charge is 0.416 e. The molecule has 0 heterocycles. The van der Waals surface area contributed by atoms with E-state index in [1.54, 1.807) is 24.3 Å². The first kappa shape index (κ1) is 16.4. The Kier molecular flexibility index (Phi) is 4.22. The van der Waals surface area contributed by atoms with Gasteiger partial charge in [0.2, 0.25) is 5.91 Å². The minimum Gasteiger partial charge on any atom is -0.508 e. The van der Waals surface area contributed by atoms with E-state index in [4.69, 9.17) is 0 Å². The molecule has 2 aromatic rings. The molecule has 1 fully saturated rings. The van der Waals surface area contributed by atoms with Crippen molar-refractivity contribution in [2.75, 3.05) is 0 Å². The third-order valence-corrected chi connectivity index (χ3v) is 4.12. The van der Waals surface area contributed by atoms with Gasteiger partial charge in [-0.25, -0.2) is 0 Å². The minimum absolute atomic E-state index is 0.0402. The molecule has 2 aromatic carbocycles. The van der Waals surface area contributed by atoms with Gasteiger partial charge in [0.15, 0.2) is 0 Å². The van der Waals surface area contributed by atoms with Crippen molar-refractivity contribution in [1.29, 1.82) is 0 Å². The zero-order chi connectivity index (χ0) is 17.3. The van der Waals surface area contributed by atoms with E-state index in [1.165, 1.54) is 12.1 Å². The number of phenols is 1. The number of phenolic OH excluding ortho intramolecular Hbond substituents is 1. The highest BCUT2D eigenvalue weighted by molar-refractivity contribution is 5.80. The lowest BCUT2D eigenvalue weighted by molar-refractivity contribution is -0.137. The normalized spacial score (nSPS) is 19.8. The molecule has 0 aliphatic heterocycles. The standard InChI is InChI=1S/C18H16F3NO2/c19-18(20,21)13-6-3-5-11(8-13)14-10-15(14)22-17(24)9-12-4-1-2-7-16(12)23/h1-8,14-15,23H,9-10H2,(H,22,24)/t14-,15-/m1/s1. The van der Waals surface area contributed by atoms with E-state index in [2.05, 4.69) is 5.32 Å². The van der Waals surface area contributed by atoms with Crippen LogP contribution < -0.4 is 5.32 Å². The molecule has 3 nitrogen and oxygen atoms in total. The molecule has 1 aliphatic carbocycles. The molecule has 0 unspecified atom stereocenters. The fourth-order valence-corrected chi connectivity index (χ4v) is 2.76. The summed E-state index contributed by atoms with van der Waals surface area (Å²) in [4.78, 5) is 12.0. The van der Waals surface area contributed by atoms with Gasteiger partial charge in [-0.05, 0) is 24.1 Å². The highest BCUT2D eigenvalue weighted by Gasteiger charge is 2.40. The summed E-state index contributed by atoms with van der Waals surface area (Å²) in [6.07, 6.45) is -3.71. The van der Waals surface area contributed by atoms with Crippen LogP contribution in [0.3, 0.4) is 0 Å². The molecule has 0 spiro atoms. The molecule has 0 aromatic heterocycles. The second kappa shape index (κ2) is 6.19. The number of benzene rings is 2. The molecular weight excluding hydrogens is 319 g/mol. The zero-order valence-electron chi connectivity index (χ0n) is 12.7. The summed E-state index contributed by atoms with van der Waals surface area (Å²) in [7, 11) is 0. The molecule has 0 saturated heterocycles. The number of hydrogen-bond acceptors (Lipinski definition) is 2. The quantitative estimate of drug-likeness (QED) is 0.896. The number of carbonyl (C=O) groups excluding carboxylic acids is 1. The van der Waals surface area contributed by atoms with E-state index in [1.807, 2.05) is 0 Å². The van der Waals surface area contributed by atoms with Crippen molar-refractivity contribution in [2.24, 2.45) is 0 Å². The maximum absolute atomic E-state index is 12.7. The predicted octanol–water partition coefficient (Wildman–Crippen LogP) is 3.63. The first-order chi connectivity index (χ1) is 11.3. The van der Waals surface area contributed by atoms with E-state index in [-0.39, 0.29) is 30.0 Å². The van der Waals surface area contributed by atoms with Crippen LogP contribution in [0.2, 0.25) is 0 Å². The molecule has 1 amide bonds. The van der Waals surface area contributed by atoms with E-state index in [9.17, 15) is 23.1 Å². The van der Waals surface area contributed by atoms with Crippen molar-refractivity contribution in [3.63, 3.8) is 0 Å². The highest BCUT2D eigenvalue weighted by Crippen LogP contribution is 2.42. The van der Waals surface area contributed by atoms with Crippen LogP contribution in [-0.2, 0) is 17.4 Å². The number of amides is 1. The molecule has 1 aliphatic rings. The summed E-state index contributed by atoms with van der Waals surface area (Å²) in [5.41, 5.74) is 0.426. The Balaban J connectivity index is 1.60. The molecule has 3 rings (SSSR count). The Bertz CT molecular complexity index is 758. The molecule has 2 N–H and O–H groups in total. The number of carbonyl (C=O) groups is 1. The van der Waals surface area contributed by atoms with Crippen molar-refractivity contribution < 1.29 is 23.1 Å². The SMILES string of the molecule is O=C(Cc1ccccc1O)N[C@@H]1C[C@@H]1c1cccc(C(F)(F)F)c1. The van der Waals surface area contributed by atoms with Crippen LogP contribution in [0.25, 0.3) is 0 Å². The maximum Gasteiger partial charge on any atom is 0.416 e. The van der Waals surface area contributed by atoms with Gasteiger partial charge in [0.05, 0.1) is 12.0 Å². The van der Waals surface area contributed by atoms with E-state index in [0.29, 0.717) is 17.5 Å². The number of halogens is 3. The van der Waals surface area contributed by atoms with Crippen LogP contribution in [0.5, 0.6) is 5.75 Å². The largest absolute Gasteiger partial charge is 0.508 e. The Hall–Kier alpha value is -2.50. The predicted molar refractivity (Wildman–Crippen MR) is 82.5 cm³/mol. The number of hydrogen-bond donors (Lipinski definition) is 2. The fourth-order valence-electron chi connectivity index (χ4n) is 2.76. The van der Waals surface area contributed by atoms with Gasteiger partial charge >= 0.3 is 6.18 Å². The first-order valence-corrected chi connectivity index (χ1v) is 7.58. The Morgan fingerprint density at radius 3 is 2.62 bits per heavy atom. The van der Waals surface area contributed by atoms with Crippen molar-refractivity contribution in [3.8, 4) is 5.75 Å². The highest BCUT2D eigenvalue weighted by atomic mass is 19.4. The van der Waals surface area contributed by atoms with Crippen molar-refractivity contribution in [2.45, 2.75) is 31.0 Å². The number of nitrogens with one attached hydrogen (secondary N) is 1. The van der Waals surface area contributed by atoms with E-state index in [0.717, 1.165) is 12.1 Å². The average molecular weight is 335 g/mol. The van der Waals surface area contributed by atoms with Gasteiger partial charge < -0.3 is 10.4 Å². The summed E-state index contributed by atoms with van der Waals surface area (Å²) in [6, 6.07) is 11.6. The topological polar surface area (TPSA) is 49.3 Å². The first-order valence-electron chi connectivity index (χ1n) is 7.58. The summed E-state index contributed by atoms with van der Waals surface area (Å²) in [6.45, 7) is 0. The van der Waals surface area contributed by atoms with Crippen LogP contribution in [-0.4, -0.2) is 17.1 Å². The average Bonchev–Trinajstić information content (AvgIpc) is 3.28. The zero-order valence-corrected chi connectivity index (χ0v) is 12.7. The molecule has 2 atom stereocenters. The van der Waals surface area contributed by atoms with Crippen LogP contribution in [0.15, 0.2) is 48.5 Å². The van der Waals surface area contributed by atoms with Gasteiger partial charge in [-0.3, -0.25) is 4.79 Å². The molecule has 0 bridgehead atoms. The lowest BCUT2D eigenvalue weighted by atomic mass is 10.1. The van der Waals surface area contributed by atoms with Crippen molar-refractivity contribution >= 4 is 5.91 Å². The fraction of sp³-hybridized carbons (Fsp3) is 0.278. The van der Waals surface area contributed by atoms with Crippen LogP contribution in [0.4, 0.5) is 13.2 Å². The van der Waals surface area contributed by atoms with E-state index >= 15 is 0 Å².